The van der Waals surface area contributed by atoms with E-state index in [2.05, 4.69) is 32.0 Å². The summed E-state index contributed by atoms with van der Waals surface area (Å²) in [6, 6.07) is 6.73. The first-order valence-corrected chi connectivity index (χ1v) is 9.45. The van der Waals surface area contributed by atoms with Crippen LogP contribution in [0.3, 0.4) is 0 Å². The standard InChI is InChI=1S/C21H28O4/c1-11-4-6-14-13(10-11)5-7-16-15(14)8-9-21(3)17(16)18(23)19(24)20(21)25-12(2)22/h4,6,10,15-20,23-24H,5,7-9H2,1-3H3/t15?,16?,17?,18-,19-,20+,21+/m1/s1. The van der Waals surface area contributed by atoms with Gasteiger partial charge in [-0.05, 0) is 61.5 Å². The molecule has 2 N–H and O–H groups in total. The second-order valence-corrected chi connectivity index (χ2v) is 8.59. The van der Waals surface area contributed by atoms with Gasteiger partial charge in [0, 0.05) is 12.3 Å². The number of hydrogen-bond acceptors (Lipinski definition) is 4. The Balaban J connectivity index is 1.70. The molecule has 0 aromatic heterocycles. The Bertz CT molecular complexity index is 699. The molecule has 0 heterocycles. The first-order chi connectivity index (χ1) is 11.8. The van der Waals surface area contributed by atoms with Crippen LogP contribution in [0.4, 0.5) is 0 Å². The quantitative estimate of drug-likeness (QED) is 0.769. The Hall–Kier alpha value is -1.39. The normalized spacial score (nSPS) is 42.3. The van der Waals surface area contributed by atoms with Gasteiger partial charge in [0.1, 0.15) is 12.2 Å². The third-order valence-corrected chi connectivity index (χ3v) is 7.15. The van der Waals surface area contributed by atoms with Crippen molar-refractivity contribution < 1.29 is 19.7 Å². The molecule has 0 aliphatic heterocycles. The van der Waals surface area contributed by atoms with Gasteiger partial charge >= 0.3 is 5.97 Å². The Kier molecular flexibility index (Phi) is 3.97. The Morgan fingerprint density at radius 3 is 2.72 bits per heavy atom. The number of rotatable bonds is 1. The molecule has 1 aromatic rings. The molecular formula is C21H28O4. The van der Waals surface area contributed by atoms with Gasteiger partial charge in [0.15, 0.2) is 0 Å². The van der Waals surface area contributed by atoms with E-state index in [0.717, 1.165) is 25.7 Å². The van der Waals surface area contributed by atoms with Crippen molar-refractivity contribution in [2.24, 2.45) is 17.3 Å². The lowest BCUT2D eigenvalue weighted by atomic mass is 9.55. The molecule has 0 spiro atoms. The van der Waals surface area contributed by atoms with Crippen LogP contribution in [0.2, 0.25) is 0 Å². The molecule has 4 nitrogen and oxygen atoms in total. The minimum absolute atomic E-state index is 0.0277. The average Bonchev–Trinajstić information content (AvgIpc) is 2.75. The van der Waals surface area contributed by atoms with Crippen molar-refractivity contribution in [2.45, 2.75) is 70.7 Å². The van der Waals surface area contributed by atoms with E-state index in [9.17, 15) is 15.0 Å². The van der Waals surface area contributed by atoms with Gasteiger partial charge in [0.05, 0.1) is 6.10 Å². The lowest BCUT2D eigenvalue weighted by Crippen LogP contribution is -2.47. The number of aryl methyl sites for hydroxylation is 2. The fourth-order valence-electron chi connectivity index (χ4n) is 6.13. The summed E-state index contributed by atoms with van der Waals surface area (Å²) in [4.78, 5) is 11.5. The van der Waals surface area contributed by atoms with Gasteiger partial charge in [-0.1, -0.05) is 30.7 Å². The van der Waals surface area contributed by atoms with Gasteiger partial charge in [-0.15, -0.1) is 0 Å². The van der Waals surface area contributed by atoms with Gasteiger partial charge in [0.2, 0.25) is 0 Å². The number of fused-ring (bicyclic) bond motifs is 5. The molecule has 3 unspecified atom stereocenters. The van der Waals surface area contributed by atoms with E-state index < -0.39 is 18.3 Å². The molecule has 0 saturated heterocycles. The molecule has 2 saturated carbocycles. The van der Waals surface area contributed by atoms with E-state index in [1.54, 1.807) is 0 Å². The molecular weight excluding hydrogens is 316 g/mol. The molecule has 1 aromatic carbocycles. The number of carbonyl (C=O) groups excluding carboxylic acids is 1. The van der Waals surface area contributed by atoms with Crippen molar-refractivity contribution in [3.05, 3.63) is 34.9 Å². The molecule has 2 fully saturated rings. The molecule has 7 atom stereocenters. The van der Waals surface area contributed by atoms with Crippen LogP contribution in [0.5, 0.6) is 0 Å². The van der Waals surface area contributed by atoms with Gasteiger partial charge < -0.3 is 14.9 Å². The molecule has 3 aliphatic rings. The van der Waals surface area contributed by atoms with Crippen molar-refractivity contribution >= 4 is 5.97 Å². The summed E-state index contributed by atoms with van der Waals surface area (Å²) in [6.07, 6.45) is 1.50. The smallest absolute Gasteiger partial charge is 0.303 e. The Morgan fingerprint density at radius 1 is 1.24 bits per heavy atom. The number of aliphatic hydroxyl groups is 2. The van der Waals surface area contributed by atoms with E-state index in [1.165, 1.54) is 23.6 Å². The largest absolute Gasteiger partial charge is 0.459 e. The highest BCUT2D eigenvalue weighted by atomic mass is 16.6. The predicted molar refractivity (Wildman–Crippen MR) is 94.1 cm³/mol. The topological polar surface area (TPSA) is 66.8 Å². The third-order valence-electron chi connectivity index (χ3n) is 7.15. The zero-order chi connectivity index (χ0) is 17.9. The third kappa shape index (κ3) is 2.45. The van der Waals surface area contributed by atoms with Crippen LogP contribution in [-0.4, -0.2) is 34.5 Å². The van der Waals surface area contributed by atoms with Crippen LogP contribution in [-0.2, 0) is 16.0 Å². The second-order valence-electron chi connectivity index (χ2n) is 8.59. The fraction of sp³-hybridized carbons (Fsp3) is 0.667. The van der Waals surface area contributed by atoms with Crippen molar-refractivity contribution in [1.82, 2.24) is 0 Å². The van der Waals surface area contributed by atoms with Crippen LogP contribution in [0.25, 0.3) is 0 Å². The number of aliphatic hydroxyl groups excluding tert-OH is 2. The zero-order valence-electron chi connectivity index (χ0n) is 15.2. The summed E-state index contributed by atoms with van der Waals surface area (Å²) < 4.78 is 5.48. The molecule has 3 aliphatic carbocycles. The zero-order valence-corrected chi connectivity index (χ0v) is 15.2. The predicted octanol–water partition coefficient (Wildman–Crippen LogP) is 2.72. The maximum Gasteiger partial charge on any atom is 0.303 e. The van der Waals surface area contributed by atoms with E-state index in [0.29, 0.717) is 11.8 Å². The van der Waals surface area contributed by atoms with Crippen LogP contribution in [0.15, 0.2) is 18.2 Å². The van der Waals surface area contributed by atoms with E-state index in [-0.39, 0.29) is 17.3 Å². The van der Waals surface area contributed by atoms with Crippen molar-refractivity contribution in [3.63, 3.8) is 0 Å². The number of hydrogen-bond donors (Lipinski definition) is 2. The molecule has 0 radical (unpaired) electrons. The molecule has 0 amide bonds. The number of benzene rings is 1. The monoisotopic (exact) mass is 344 g/mol. The first-order valence-electron chi connectivity index (χ1n) is 9.45. The Morgan fingerprint density at radius 2 is 2.00 bits per heavy atom. The van der Waals surface area contributed by atoms with E-state index in [1.807, 2.05) is 0 Å². The summed E-state index contributed by atoms with van der Waals surface area (Å²) >= 11 is 0. The SMILES string of the molecule is CC(=O)O[C@H]1[C@H](O)[C@H](O)C2C3CCc4cc(C)ccc4C3CC[C@@]21C. The summed E-state index contributed by atoms with van der Waals surface area (Å²) in [5.74, 6) is 0.351. The maximum atomic E-state index is 11.5. The number of esters is 1. The number of carbonyl (C=O) groups is 1. The van der Waals surface area contributed by atoms with E-state index >= 15 is 0 Å². The minimum Gasteiger partial charge on any atom is -0.459 e. The maximum absolute atomic E-state index is 11.5. The van der Waals surface area contributed by atoms with Gasteiger partial charge in [0.25, 0.3) is 0 Å². The molecule has 4 heteroatoms. The summed E-state index contributed by atoms with van der Waals surface area (Å²) in [5, 5.41) is 21.4. The fourth-order valence-corrected chi connectivity index (χ4v) is 6.13. The molecule has 0 bridgehead atoms. The van der Waals surface area contributed by atoms with Gasteiger partial charge in [-0.3, -0.25) is 4.79 Å². The van der Waals surface area contributed by atoms with Crippen molar-refractivity contribution in [1.29, 1.82) is 0 Å². The lowest BCUT2D eigenvalue weighted by Gasteiger charge is -2.50. The molecule has 4 rings (SSSR count). The van der Waals surface area contributed by atoms with Crippen LogP contribution in [0, 0.1) is 24.2 Å². The summed E-state index contributed by atoms with van der Waals surface area (Å²) in [6.45, 7) is 5.59. The highest BCUT2D eigenvalue weighted by Crippen LogP contribution is 2.61. The second kappa shape index (κ2) is 5.82. The van der Waals surface area contributed by atoms with Gasteiger partial charge in [-0.25, -0.2) is 0 Å². The van der Waals surface area contributed by atoms with Crippen molar-refractivity contribution in [3.8, 4) is 0 Å². The first kappa shape index (κ1) is 17.0. The molecule has 25 heavy (non-hydrogen) atoms. The van der Waals surface area contributed by atoms with Gasteiger partial charge in [-0.2, -0.15) is 0 Å². The van der Waals surface area contributed by atoms with Crippen LogP contribution in [0.1, 0.15) is 55.7 Å². The highest BCUT2D eigenvalue weighted by molar-refractivity contribution is 5.66. The average molecular weight is 344 g/mol. The van der Waals surface area contributed by atoms with Crippen LogP contribution < -0.4 is 0 Å². The minimum atomic E-state index is -0.989. The summed E-state index contributed by atoms with van der Waals surface area (Å²) in [7, 11) is 0. The lowest BCUT2D eigenvalue weighted by molar-refractivity contribution is -0.161. The Labute approximate surface area is 149 Å². The van der Waals surface area contributed by atoms with Crippen molar-refractivity contribution in [2.75, 3.05) is 0 Å². The summed E-state index contributed by atoms with van der Waals surface area (Å²) in [5.41, 5.74) is 3.80. The van der Waals surface area contributed by atoms with E-state index in [4.69, 9.17) is 4.74 Å². The number of ether oxygens (including phenoxy) is 1. The molecule has 136 valence electrons. The van der Waals surface area contributed by atoms with Crippen LogP contribution >= 0.6 is 0 Å². The highest BCUT2D eigenvalue weighted by Gasteiger charge is 2.64.